The molecule has 1 rings (SSSR count). The van der Waals surface area contributed by atoms with Gasteiger partial charge in [0.2, 0.25) is 23.6 Å². The number of nitrogens with one attached hydrogen (secondary N) is 4. The van der Waals surface area contributed by atoms with Gasteiger partial charge in [0.05, 0.1) is 19.0 Å². The van der Waals surface area contributed by atoms with Crippen LogP contribution in [0, 0.1) is 0 Å². The lowest BCUT2D eigenvalue weighted by Crippen LogP contribution is -2.57. The molecule has 4 atom stereocenters. The van der Waals surface area contributed by atoms with Crippen molar-refractivity contribution in [2.24, 2.45) is 11.5 Å². The lowest BCUT2D eigenvalue weighted by atomic mass is 10.1. The van der Waals surface area contributed by atoms with Gasteiger partial charge >= 0.3 is 11.9 Å². The summed E-state index contributed by atoms with van der Waals surface area (Å²) < 4.78 is 0. The molecule has 0 saturated carbocycles. The Morgan fingerprint density at radius 2 is 1.46 bits per heavy atom. The highest BCUT2D eigenvalue weighted by molar-refractivity contribution is 5.94. The van der Waals surface area contributed by atoms with E-state index in [0.717, 1.165) is 0 Å². The van der Waals surface area contributed by atoms with E-state index in [4.69, 9.17) is 26.8 Å². The van der Waals surface area contributed by atoms with Gasteiger partial charge in [0.15, 0.2) is 0 Å². The molecular weight excluding hydrogens is 470 g/mol. The van der Waals surface area contributed by atoms with Crippen molar-refractivity contribution in [3.8, 4) is 0 Å². The molecule has 1 heterocycles. The molecule has 0 saturated heterocycles. The third-order valence-corrected chi connectivity index (χ3v) is 4.72. The zero-order valence-electron chi connectivity index (χ0n) is 18.6. The number of carbonyl (C=O) groups is 6. The molecule has 0 aliphatic rings. The molecule has 0 aromatic carbocycles. The third-order valence-electron chi connectivity index (χ3n) is 4.72. The normalized spacial score (nSPS) is 14.1. The van der Waals surface area contributed by atoms with Crippen LogP contribution in [0.5, 0.6) is 0 Å². The van der Waals surface area contributed by atoms with Crippen molar-refractivity contribution in [3.63, 3.8) is 0 Å². The van der Waals surface area contributed by atoms with Gasteiger partial charge in [-0.2, -0.15) is 0 Å². The molecule has 1 aromatic heterocycles. The number of rotatable bonds is 16. The van der Waals surface area contributed by atoms with Gasteiger partial charge in [-0.3, -0.25) is 24.0 Å². The maximum absolute atomic E-state index is 12.9. The molecule has 35 heavy (non-hydrogen) atoms. The molecule has 0 radical (unpaired) electrons. The van der Waals surface area contributed by atoms with Crippen molar-refractivity contribution in [2.75, 3.05) is 6.61 Å². The predicted molar refractivity (Wildman–Crippen MR) is 116 cm³/mol. The average Bonchev–Trinajstić information content (AvgIpc) is 3.29. The number of carboxylic acid groups (broad SMARTS) is 2. The van der Waals surface area contributed by atoms with Crippen LogP contribution in [0.25, 0.3) is 0 Å². The van der Waals surface area contributed by atoms with Crippen LogP contribution >= 0.6 is 0 Å². The summed E-state index contributed by atoms with van der Waals surface area (Å²) in [6.07, 6.45) is 1.32. The molecule has 0 aliphatic carbocycles. The number of imidazole rings is 1. The molecule has 16 heteroatoms. The molecule has 0 spiro atoms. The number of carboxylic acids is 2. The third kappa shape index (κ3) is 10.6. The van der Waals surface area contributed by atoms with Crippen molar-refractivity contribution >= 4 is 35.6 Å². The fourth-order valence-electron chi connectivity index (χ4n) is 2.83. The Bertz CT molecular complexity index is 906. The van der Waals surface area contributed by atoms with Crippen LogP contribution in [0.3, 0.4) is 0 Å². The molecular formula is C19H29N7O9. The van der Waals surface area contributed by atoms with Gasteiger partial charge in [-0.25, -0.2) is 9.78 Å². The highest BCUT2D eigenvalue weighted by Crippen LogP contribution is 2.05. The average molecular weight is 499 g/mol. The summed E-state index contributed by atoms with van der Waals surface area (Å²) >= 11 is 0. The van der Waals surface area contributed by atoms with E-state index >= 15 is 0 Å². The van der Waals surface area contributed by atoms with E-state index < -0.39 is 79.2 Å². The topological polar surface area (TPSA) is 280 Å². The lowest BCUT2D eigenvalue weighted by molar-refractivity contribution is -0.144. The molecule has 16 nitrogen and oxygen atoms in total. The number of nitrogens with zero attached hydrogens (tertiary/aromatic N) is 1. The summed E-state index contributed by atoms with van der Waals surface area (Å²) in [4.78, 5) is 77.6. The summed E-state index contributed by atoms with van der Waals surface area (Å²) in [6, 6.07) is -5.71. The minimum atomic E-state index is -1.70. The first-order valence-electron chi connectivity index (χ1n) is 10.4. The summed E-state index contributed by atoms with van der Waals surface area (Å²) in [6.45, 7) is -0.952. The number of aliphatic hydroxyl groups is 1. The second-order valence-corrected chi connectivity index (χ2v) is 7.53. The van der Waals surface area contributed by atoms with Crippen LogP contribution in [0.4, 0.5) is 0 Å². The Kier molecular flexibility index (Phi) is 11.8. The van der Waals surface area contributed by atoms with Crippen LogP contribution < -0.4 is 27.4 Å². The second kappa shape index (κ2) is 14.3. The monoisotopic (exact) mass is 499 g/mol. The van der Waals surface area contributed by atoms with E-state index in [1.165, 1.54) is 12.5 Å². The number of hydrogen-bond acceptors (Lipinski definition) is 9. The quantitative estimate of drug-likeness (QED) is 0.105. The van der Waals surface area contributed by atoms with Crippen molar-refractivity contribution in [1.82, 2.24) is 25.9 Å². The number of amides is 4. The highest BCUT2D eigenvalue weighted by Gasteiger charge is 2.30. The number of aliphatic carboxylic acids is 2. The lowest BCUT2D eigenvalue weighted by Gasteiger charge is -2.24. The first-order valence-corrected chi connectivity index (χ1v) is 10.4. The van der Waals surface area contributed by atoms with Gasteiger partial charge in [-0.15, -0.1) is 0 Å². The largest absolute Gasteiger partial charge is 0.481 e. The van der Waals surface area contributed by atoms with Crippen molar-refractivity contribution in [1.29, 1.82) is 0 Å². The number of primary amides is 1. The second-order valence-electron chi connectivity index (χ2n) is 7.53. The number of carbonyl (C=O) groups excluding carboxylic acids is 4. The van der Waals surface area contributed by atoms with E-state index in [1.54, 1.807) is 0 Å². The maximum Gasteiger partial charge on any atom is 0.328 e. The molecule has 0 bridgehead atoms. The molecule has 0 fully saturated rings. The molecule has 11 N–H and O–H groups in total. The Morgan fingerprint density at radius 1 is 0.914 bits per heavy atom. The fraction of sp³-hybridized carbons (Fsp3) is 0.526. The zero-order valence-corrected chi connectivity index (χ0v) is 18.6. The van der Waals surface area contributed by atoms with Crippen LogP contribution in [-0.4, -0.2) is 91.6 Å². The first kappa shape index (κ1) is 29.0. The van der Waals surface area contributed by atoms with E-state index in [0.29, 0.717) is 5.69 Å². The molecule has 4 unspecified atom stereocenters. The highest BCUT2D eigenvalue weighted by atomic mass is 16.4. The summed E-state index contributed by atoms with van der Waals surface area (Å²) in [7, 11) is 0. The van der Waals surface area contributed by atoms with E-state index in [9.17, 15) is 28.8 Å². The van der Waals surface area contributed by atoms with Gasteiger partial charge in [-0.05, 0) is 12.8 Å². The van der Waals surface area contributed by atoms with Gasteiger partial charge in [-0.1, -0.05) is 0 Å². The van der Waals surface area contributed by atoms with Gasteiger partial charge in [0.25, 0.3) is 0 Å². The number of aliphatic hydroxyl groups excluding tert-OH is 1. The van der Waals surface area contributed by atoms with Crippen LogP contribution in [0.1, 0.15) is 31.4 Å². The first-order chi connectivity index (χ1) is 16.4. The predicted octanol–water partition coefficient (Wildman–Crippen LogP) is -4.06. The number of H-pyrrole nitrogens is 1. The van der Waals surface area contributed by atoms with Crippen molar-refractivity contribution in [2.45, 2.75) is 56.3 Å². The number of aromatic nitrogens is 2. The van der Waals surface area contributed by atoms with E-state index in [-0.39, 0.29) is 19.3 Å². The minimum Gasteiger partial charge on any atom is -0.481 e. The van der Waals surface area contributed by atoms with Gasteiger partial charge < -0.3 is 47.7 Å². The number of hydrogen-bond donors (Lipinski definition) is 9. The van der Waals surface area contributed by atoms with Crippen molar-refractivity contribution in [3.05, 3.63) is 18.2 Å². The fourth-order valence-corrected chi connectivity index (χ4v) is 2.83. The summed E-state index contributed by atoms with van der Waals surface area (Å²) in [5.74, 6) is -6.42. The van der Waals surface area contributed by atoms with E-state index in [1.807, 2.05) is 5.32 Å². The SMILES string of the molecule is NC(=O)CCC(NC(=O)C(N)Cc1cnc[nH]1)C(=O)NC(CCC(=O)O)C(=O)NC(CO)C(=O)O. The molecule has 194 valence electrons. The molecule has 0 aliphatic heterocycles. The Labute approximate surface area is 198 Å². The standard InChI is InChI=1S/C19H29N7O9/c20-10(5-9-6-22-8-23-9)16(31)24-11(1-3-14(21)28)17(32)25-12(2-4-15(29)30)18(33)26-13(7-27)19(34)35/h6,8,10-13,27H,1-5,7,20H2,(H2,21,28)(H,22,23)(H,24,31)(H,25,32)(H,26,33)(H,29,30)(H,34,35). The van der Waals surface area contributed by atoms with Crippen molar-refractivity contribution < 1.29 is 44.1 Å². The van der Waals surface area contributed by atoms with Crippen LogP contribution in [0.2, 0.25) is 0 Å². The zero-order chi connectivity index (χ0) is 26.5. The van der Waals surface area contributed by atoms with Crippen LogP contribution in [0.15, 0.2) is 12.5 Å². The molecule has 1 aromatic rings. The summed E-state index contributed by atoms with van der Waals surface area (Å²) in [5.41, 5.74) is 11.5. The minimum absolute atomic E-state index is 0.0529. The van der Waals surface area contributed by atoms with E-state index in [2.05, 4.69) is 20.6 Å². The maximum atomic E-state index is 12.9. The Balaban J connectivity index is 2.97. The number of aromatic amines is 1. The van der Waals surface area contributed by atoms with Crippen LogP contribution in [-0.2, 0) is 35.2 Å². The van der Waals surface area contributed by atoms with Gasteiger partial charge in [0, 0.05) is 31.2 Å². The number of nitrogens with two attached hydrogens (primary N) is 2. The summed E-state index contributed by atoms with van der Waals surface area (Å²) in [5, 5.41) is 33.6. The smallest absolute Gasteiger partial charge is 0.328 e. The Hall–Kier alpha value is -4.05. The molecule has 4 amide bonds. The van der Waals surface area contributed by atoms with Gasteiger partial charge in [0.1, 0.15) is 18.1 Å². The Morgan fingerprint density at radius 3 is 1.91 bits per heavy atom.